The lowest BCUT2D eigenvalue weighted by Crippen LogP contribution is -2.30. The summed E-state index contributed by atoms with van der Waals surface area (Å²) in [6.07, 6.45) is 1.69. The van der Waals surface area contributed by atoms with Crippen LogP contribution in [0.2, 0.25) is 0 Å². The smallest absolute Gasteiger partial charge is 0.325 e. The highest BCUT2D eigenvalue weighted by Crippen LogP contribution is 2.20. The van der Waals surface area contributed by atoms with E-state index in [1.807, 2.05) is 24.3 Å². The number of hydrogen-bond acceptors (Lipinski definition) is 3. The van der Waals surface area contributed by atoms with Crippen LogP contribution in [0.4, 0.5) is 0 Å². The second kappa shape index (κ2) is 6.93. The number of benzene rings is 1. The number of aliphatic carboxylic acids is 1. The first kappa shape index (κ1) is 14.4. The highest BCUT2D eigenvalue weighted by molar-refractivity contribution is 5.75. The molecule has 0 aromatic heterocycles. The van der Waals surface area contributed by atoms with E-state index in [1.165, 1.54) is 0 Å². The Labute approximate surface area is 107 Å². The maximum Gasteiger partial charge on any atom is 0.325 e. The molecule has 98 valence electrons. The highest BCUT2D eigenvalue weighted by atomic mass is 16.5. The highest BCUT2D eigenvalue weighted by Gasteiger charge is 2.23. The first-order valence-electron chi connectivity index (χ1n) is 5.72. The molecule has 0 radical (unpaired) electrons. The number of carboxylic acid groups (broad SMARTS) is 1. The van der Waals surface area contributed by atoms with Crippen LogP contribution in [-0.4, -0.2) is 36.7 Å². The molecule has 1 aromatic carbocycles. The predicted octanol–water partition coefficient (Wildman–Crippen LogP) is 2.08. The van der Waals surface area contributed by atoms with Crippen molar-refractivity contribution < 1.29 is 14.6 Å². The number of ether oxygens (including phenoxy) is 1. The zero-order valence-electron chi connectivity index (χ0n) is 10.8. The van der Waals surface area contributed by atoms with Crippen LogP contribution < -0.4 is 0 Å². The van der Waals surface area contributed by atoms with E-state index in [4.69, 9.17) is 4.74 Å². The van der Waals surface area contributed by atoms with Crippen molar-refractivity contribution in [2.75, 3.05) is 20.7 Å². The lowest BCUT2D eigenvalue weighted by molar-refractivity contribution is -0.142. The molecular formula is C14H19NO3. The fourth-order valence-electron chi connectivity index (χ4n) is 1.86. The van der Waals surface area contributed by atoms with Crippen LogP contribution in [0.3, 0.4) is 0 Å². The average molecular weight is 249 g/mol. The molecule has 18 heavy (non-hydrogen) atoms. The number of hydrogen-bond donors (Lipinski definition) is 1. The molecule has 0 amide bonds. The second-order valence-electron chi connectivity index (χ2n) is 4.14. The van der Waals surface area contributed by atoms with E-state index in [0.717, 1.165) is 11.1 Å². The molecule has 0 unspecified atom stereocenters. The average Bonchev–Trinajstić information content (AvgIpc) is 2.32. The maximum absolute atomic E-state index is 11.3. The van der Waals surface area contributed by atoms with Crippen LogP contribution >= 0.6 is 0 Å². The van der Waals surface area contributed by atoms with Gasteiger partial charge >= 0.3 is 5.97 Å². The van der Waals surface area contributed by atoms with Crippen LogP contribution in [0.25, 0.3) is 0 Å². The van der Waals surface area contributed by atoms with E-state index in [9.17, 15) is 9.90 Å². The number of carbonyl (C=O) groups is 1. The number of rotatable bonds is 7. The minimum atomic E-state index is -0.862. The molecule has 1 rings (SSSR count). The summed E-state index contributed by atoms with van der Waals surface area (Å²) in [4.78, 5) is 13.1. The molecule has 0 fully saturated rings. The zero-order valence-corrected chi connectivity index (χ0v) is 10.8. The lowest BCUT2D eigenvalue weighted by Gasteiger charge is -2.23. The number of nitrogens with zero attached hydrogens (tertiary/aromatic N) is 1. The third-order valence-corrected chi connectivity index (χ3v) is 2.70. The fourth-order valence-corrected chi connectivity index (χ4v) is 1.86. The quantitative estimate of drug-likeness (QED) is 0.752. The molecule has 0 saturated carbocycles. The Morgan fingerprint density at radius 3 is 2.56 bits per heavy atom. The predicted molar refractivity (Wildman–Crippen MR) is 70.4 cm³/mol. The van der Waals surface area contributed by atoms with Crippen LogP contribution in [0, 0.1) is 0 Å². The Morgan fingerprint density at radius 2 is 2.11 bits per heavy atom. The summed E-state index contributed by atoms with van der Waals surface area (Å²) < 4.78 is 5.02. The SMILES string of the molecule is C=CCN(C)[C@H](C(=O)O)c1ccc(COC)cc1. The van der Waals surface area contributed by atoms with E-state index in [0.29, 0.717) is 13.2 Å². The topological polar surface area (TPSA) is 49.8 Å². The van der Waals surface area contributed by atoms with Crippen LogP contribution in [-0.2, 0) is 16.1 Å². The van der Waals surface area contributed by atoms with Crippen molar-refractivity contribution in [2.45, 2.75) is 12.6 Å². The van der Waals surface area contributed by atoms with Crippen molar-refractivity contribution >= 4 is 5.97 Å². The number of likely N-dealkylation sites (N-methyl/N-ethyl adjacent to an activating group) is 1. The zero-order chi connectivity index (χ0) is 13.5. The van der Waals surface area contributed by atoms with Crippen molar-refractivity contribution in [2.24, 2.45) is 0 Å². The van der Waals surface area contributed by atoms with E-state index in [1.54, 1.807) is 25.1 Å². The third-order valence-electron chi connectivity index (χ3n) is 2.70. The Bertz CT molecular complexity index is 400. The van der Waals surface area contributed by atoms with Gasteiger partial charge in [0.2, 0.25) is 0 Å². The van der Waals surface area contributed by atoms with Crippen LogP contribution in [0.15, 0.2) is 36.9 Å². The van der Waals surface area contributed by atoms with Gasteiger partial charge in [0.1, 0.15) is 6.04 Å². The summed E-state index contributed by atoms with van der Waals surface area (Å²) in [5.41, 5.74) is 1.78. The van der Waals surface area contributed by atoms with Crippen LogP contribution in [0.1, 0.15) is 17.2 Å². The molecule has 0 aliphatic carbocycles. The van der Waals surface area contributed by atoms with Gasteiger partial charge in [-0.2, -0.15) is 0 Å². The van der Waals surface area contributed by atoms with Gasteiger partial charge in [-0.1, -0.05) is 30.3 Å². The van der Waals surface area contributed by atoms with Gasteiger partial charge in [0, 0.05) is 13.7 Å². The lowest BCUT2D eigenvalue weighted by atomic mass is 10.0. The molecule has 4 heteroatoms. The summed E-state index contributed by atoms with van der Waals surface area (Å²) in [6.45, 7) is 4.68. The Morgan fingerprint density at radius 1 is 1.50 bits per heavy atom. The summed E-state index contributed by atoms with van der Waals surface area (Å²) in [7, 11) is 3.40. The van der Waals surface area contributed by atoms with E-state index in [-0.39, 0.29) is 0 Å². The van der Waals surface area contributed by atoms with E-state index < -0.39 is 12.0 Å². The molecule has 0 heterocycles. The van der Waals surface area contributed by atoms with Gasteiger partial charge in [0.05, 0.1) is 6.61 Å². The van der Waals surface area contributed by atoms with Crippen molar-refractivity contribution in [3.8, 4) is 0 Å². The van der Waals surface area contributed by atoms with Crippen molar-refractivity contribution in [3.63, 3.8) is 0 Å². The van der Waals surface area contributed by atoms with E-state index >= 15 is 0 Å². The molecule has 0 spiro atoms. The fraction of sp³-hybridized carbons (Fsp3) is 0.357. The van der Waals surface area contributed by atoms with Gasteiger partial charge in [-0.15, -0.1) is 6.58 Å². The first-order chi connectivity index (χ1) is 8.60. The summed E-state index contributed by atoms with van der Waals surface area (Å²) >= 11 is 0. The molecule has 1 atom stereocenters. The summed E-state index contributed by atoms with van der Waals surface area (Å²) in [5.74, 6) is -0.862. The second-order valence-corrected chi connectivity index (χ2v) is 4.14. The number of carboxylic acids is 1. The van der Waals surface area contributed by atoms with Gasteiger partial charge in [0.15, 0.2) is 0 Å². The van der Waals surface area contributed by atoms with E-state index in [2.05, 4.69) is 6.58 Å². The molecule has 4 nitrogen and oxygen atoms in total. The molecule has 0 bridgehead atoms. The van der Waals surface area contributed by atoms with Gasteiger partial charge < -0.3 is 9.84 Å². The minimum Gasteiger partial charge on any atom is -0.480 e. The largest absolute Gasteiger partial charge is 0.480 e. The van der Waals surface area contributed by atoms with Crippen molar-refractivity contribution in [3.05, 3.63) is 48.0 Å². The summed E-state index contributed by atoms with van der Waals surface area (Å²) in [6, 6.07) is 6.77. The van der Waals surface area contributed by atoms with Gasteiger partial charge in [-0.25, -0.2) is 0 Å². The third kappa shape index (κ3) is 3.68. The van der Waals surface area contributed by atoms with Gasteiger partial charge in [-0.3, -0.25) is 9.69 Å². The van der Waals surface area contributed by atoms with Crippen molar-refractivity contribution in [1.29, 1.82) is 0 Å². The Kier molecular flexibility index (Phi) is 5.55. The Hall–Kier alpha value is -1.65. The maximum atomic E-state index is 11.3. The molecule has 0 aliphatic heterocycles. The van der Waals surface area contributed by atoms with Crippen LogP contribution in [0.5, 0.6) is 0 Å². The van der Waals surface area contributed by atoms with Crippen molar-refractivity contribution in [1.82, 2.24) is 4.90 Å². The summed E-state index contributed by atoms with van der Waals surface area (Å²) in [5, 5.41) is 9.30. The standard InChI is InChI=1S/C14H19NO3/c1-4-9-15(2)13(14(16)17)12-7-5-11(6-8-12)10-18-3/h4-8,13H,1,9-10H2,2-3H3,(H,16,17)/t13-/m0/s1. The molecular weight excluding hydrogens is 230 g/mol. The normalized spacial score (nSPS) is 12.4. The molecule has 0 saturated heterocycles. The Balaban J connectivity index is 2.92. The van der Waals surface area contributed by atoms with Gasteiger partial charge in [-0.05, 0) is 18.2 Å². The van der Waals surface area contributed by atoms with Gasteiger partial charge in [0.25, 0.3) is 0 Å². The number of methoxy groups -OCH3 is 1. The molecule has 0 aliphatic rings. The first-order valence-corrected chi connectivity index (χ1v) is 5.72. The minimum absolute atomic E-state index is 0.525. The monoisotopic (exact) mass is 249 g/mol. The molecule has 1 N–H and O–H groups in total. The molecule has 1 aromatic rings.